The quantitative estimate of drug-likeness (QED) is 0.458. The lowest BCUT2D eigenvalue weighted by atomic mass is 10.2. The van der Waals surface area contributed by atoms with Crippen molar-refractivity contribution in [2.24, 2.45) is 0 Å². The van der Waals surface area contributed by atoms with Crippen LogP contribution in [0.4, 0.5) is 5.69 Å². The molecule has 1 aliphatic rings. The average molecular weight is 451 g/mol. The first kappa shape index (κ1) is 20.9. The molecule has 0 radical (unpaired) electrons. The van der Waals surface area contributed by atoms with Gasteiger partial charge in [0.2, 0.25) is 5.91 Å². The van der Waals surface area contributed by atoms with Crippen molar-refractivity contribution in [1.82, 2.24) is 4.90 Å². The number of nitrogens with one attached hydrogen (secondary N) is 1. The van der Waals surface area contributed by atoms with Gasteiger partial charge in [-0.2, -0.15) is 0 Å². The van der Waals surface area contributed by atoms with Gasteiger partial charge in [0.05, 0.1) is 4.91 Å². The predicted molar refractivity (Wildman–Crippen MR) is 121 cm³/mol. The van der Waals surface area contributed by atoms with E-state index in [1.54, 1.807) is 36.4 Å². The number of benzene rings is 2. The Morgan fingerprint density at radius 2 is 1.96 bits per heavy atom. The fourth-order valence-corrected chi connectivity index (χ4v) is 4.29. The molecule has 1 N–H and O–H groups in total. The first-order chi connectivity index (χ1) is 13.4. The highest BCUT2D eigenvalue weighted by Crippen LogP contribution is 2.33. The van der Waals surface area contributed by atoms with Crippen molar-refractivity contribution in [3.8, 4) is 0 Å². The number of thioether (sulfide) groups is 1. The second-order valence-electron chi connectivity index (χ2n) is 6.02. The van der Waals surface area contributed by atoms with Crippen molar-refractivity contribution in [3.05, 3.63) is 69.0 Å². The second kappa shape index (κ2) is 9.56. The number of rotatable bonds is 6. The SMILES string of the molecule is O=C(CCCN1C(=O)C(=Cc2ccccc2Cl)SC1=S)Nc1cccc(Cl)c1. The molecule has 2 aromatic rings. The third-order valence-corrected chi connectivity index (χ3v) is 5.92. The van der Waals surface area contributed by atoms with Gasteiger partial charge in [-0.1, -0.05) is 71.4 Å². The normalized spacial score (nSPS) is 15.4. The summed E-state index contributed by atoms with van der Waals surface area (Å²) in [6.07, 6.45) is 2.51. The fraction of sp³-hybridized carbons (Fsp3) is 0.150. The Balaban J connectivity index is 1.55. The number of hydrogen-bond acceptors (Lipinski definition) is 4. The van der Waals surface area contributed by atoms with Gasteiger partial charge >= 0.3 is 0 Å². The van der Waals surface area contributed by atoms with E-state index in [0.717, 1.165) is 5.56 Å². The maximum absolute atomic E-state index is 12.6. The molecule has 3 rings (SSSR count). The topological polar surface area (TPSA) is 49.4 Å². The van der Waals surface area contributed by atoms with E-state index in [1.807, 2.05) is 18.2 Å². The van der Waals surface area contributed by atoms with Gasteiger partial charge in [-0.3, -0.25) is 14.5 Å². The molecule has 1 saturated heterocycles. The Kier molecular flexibility index (Phi) is 7.13. The van der Waals surface area contributed by atoms with Gasteiger partial charge < -0.3 is 5.32 Å². The molecule has 2 aromatic carbocycles. The van der Waals surface area contributed by atoms with Gasteiger partial charge in [-0.15, -0.1) is 0 Å². The largest absolute Gasteiger partial charge is 0.326 e. The third kappa shape index (κ3) is 5.35. The molecular formula is C20H16Cl2N2O2S2. The van der Waals surface area contributed by atoms with E-state index in [9.17, 15) is 9.59 Å². The van der Waals surface area contributed by atoms with Crippen molar-refractivity contribution in [2.45, 2.75) is 12.8 Å². The number of nitrogens with zero attached hydrogens (tertiary/aromatic N) is 1. The smallest absolute Gasteiger partial charge is 0.266 e. The Labute approximate surface area is 182 Å². The highest BCUT2D eigenvalue weighted by atomic mass is 35.5. The molecule has 0 bridgehead atoms. The number of carbonyl (C=O) groups excluding carboxylic acids is 2. The van der Waals surface area contributed by atoms with E-state index >= 15 is 0 Å². The van der Waals surface area contributed by atoms with Gasteiger partial charge in [0.1, 0.15) is 4.32 Å². The molecule has 1 heterocycles. The summed E-state index contributed by atoms with van der Waals surface area (Å²) >= 11 is 18.6. The van der Waals surface area contributed by atoms with Crippen LogP contribution in [-0.4, -0.2) is 27.6 Å². The molecule has 2 amide bonds. The van der Waals surface area contributed by atoms with E-state index < -0.39 is 0 Å². The minimum absolute atomic E-state index is 0.140. The Hall–Kier alpha value is -1.86. The highest BCUT2D eigenvalue weighted by molar-refractivity contribution is 8.26. The van der Waals surface area contributed by atoms with Gasteiger partial charge in [0.25, 0.3) is 5.91 Å². The van der Waals surface area contributed by atoms with Crippen molar-refractivity contribution >= 4 is 75.1 Å². The van der Waals surface area contributed by atoms with Crippen molar-refractivity contribution < 1.29 is 9.59 Å². The van der Waals surface area contributed by atoms with Gasteiger partial charge in [0, 0.05) is 28.7 Å². The number of thiocarbonyl (C=S) groups is 1. The standard InChI is InChI=1S/C20H16Cl2N2O2S2/c21-14-6-3-7-15(12-14)23-18(25)9-4-10-24-19(26)17(28-20(24)27)11-13-5-1-2-8-16(13)22/h1-3,5-8,11-12H,4,9-10H2,(H,23,25). The minimum Gasteiger partial charge on any atom is -0.326 e. The molecule has 0 spiro atoms. The highest BCUT2D eigenvalue weighted by Gasteiger charge is 2.31. The second-order valence-corrected chi connectivity index (χ2v) is 8.54. The van der Waals surface area contributed by atoms with Crippen LogP contribution in [0.15, 0.2) is 53.4 Å². The van der Waals surface area contributed by atoms with Crippen molar-refractivity contribution in [3.63, 3.8) is 0 Å². The molecule has 0 atom stereocenters. The molecule has 0 aromatic heterocycles. The summed E-state index contributed by atoms with van der Waals surface area (Å²) in [7, 11) is 0. The van der Waals surface area contributed by atoms with E-state index in [0.29, 0.717) is 37.9 Å². The summed E-state index contributed by atoms with van der Waals surface area (Å²) in [5.74, 6) is -0.301. The lowest BCUT2D eigenvalue weighted by Gasteiger charge is -2.14. The van der Waals surface area contributed by atoms with E-state index in [2.05, 4.69) is 5.32 Å². The number of carbonyl (C=O) groups is 2. The lowest BCUT2D eigenvalue weighted by molar-refractivity contribution is -0.122. The van der Waals surface area contributed by atoms with E-state index in [1.165, 1.54) is 16.7 Å². The summed E-state index contributed by atoms with van der Waals surface area (Å²) in [5, 5.41) is 3.92. The van der Waals surface area contributed by atoms with Crippen LogP contribution in [0.1, 0.15) is 18.4 Å². The van der Waals surface area contributed by atoms with E-state index in [-0.39, 0.29) is 18.2 Å². The number of amides is 2. The summed E-state index contributed by atoms with van der Waals surface area (Å²) in [5.41, 5.74) is 1.41. The minimum atomic E-state index is -0.162. The first-order valence-corrected chi connectivity index (χ1v) is 10.5. The van der Waals surface area contributed by atoms with Crippen molar-refractivity contribution in [2.75, 3.05) is 11.9 Å². The Bertz CT molecular complexity index is 963. The molecule has 28 heavy (non-hydrogen) atoms. The van der Waals surface area contributed by atoms with Crippen LogP contribution in [0.2, 0.25) is 10.0 Å². The summed E-state index contributed by atoms with van der Waals surface area (Å²) in [6.45, 7) is 0.382. The average Bonchev–Trinajstić information content (AvgIpc) is 2.91. The Morgan fingerprint density at radius 1 is 1.18 bits per heavy atom. The lowest BCUT2D eigenvalue weighted by Crippen LogP contribution is -2.29. The fourth-order valence-electron chi connectivity index (χ4n) is 2.61. The van der Waals surface area contributed by atoms with Crippen LogP contribution in [0.3, 0.4) is 0 Å². The van der Waals surface area contributed by atoms with Crippen LogP contribution in [0.25, 0.3) is 6.08 Å². The maximum atomic E-state index is 12.6. The maximum Gasteiger partial charge on any atom is 0.266 e. The van der Waals surface area contributed by atoms with Crippen LogP contribution in [0, 0.1) is 0 Å². The predicted octanol–water partition coefficient (Wildman–Crippen LogP) is 5.61. The molecule has 0 aliphatic carbocycles. The Morgan fingerprint density at radius 3 is 2.71 bits per heavy atom. The van der Waals surface area contributed by atoms with Crippen LogP contribution >= 0.6 is 47.2 Å². The van der Waals surface area contributed by atoms with Crippen molar-refractivity contribution in [1.29, 1.82) is 0 Å². The monoisotopic (exact) mass is 450 g/mol. The number of halogens is 2. The van der Waals surface area contributed by atoms with Crippen LogP contribution in [-0.2, 0) is 9.59 Å². The van der Waals surface area contributed by atoms with Crippen LogP contribution < -0.4 is 5.32 Å². The summed E-state index contributed by atoms with van der Waals surface area (Å²) < 4.78 is 0.485. The first-order valence-electron chi connectivity index (χ1n) is 8.49. The third-order valence-electron chi connectivity index (χ3n) is 3.96. The molecule has 1 fully saturated rings. The zero-order valence-corrected chi connectivity index (χ0v) is 17.8. The summed E-state index contributed by atoms with van der Waals surface area (Å²) in [4.78, 5) is 26.8. The number of anilines is 1. The van der Waals surface area contributed by atoms with Gasteiger partial charge in [-0.05, 0) is 42.3 Å². The van der Waals surface area contributed by atoms with Gasteiger partial charge in [0.15, 0.2) is 0 Å². The molecule has 8 heteroatoms. The summed E-state index contributed by atoms with van der Waals surface area (Å²) in [6, 6.07) is 14.3. The van der Waals surface area contributed by atoms with E-state index in [4.69, 9.17) is 35.4 Å². The van der Waals surface area contributed by atoms with Gasteiger partial charge in [-0.25, -0.2) is 0 Å². The number of hydrogen-bond donors (Lipinski definition) is 1. The zero-order valence-electron chi connectivity index (χ0n) is 14.7. The molecular weight excluding hydrogens is 435 g/mol. The molecule has 1 aliphatic heterocycles. The van der Waals surface area contributed by atoms with Crippen LogP contribution in [0.5, 0.6) is 0 Å². The molecule has 0 unspecified atom stereocenters. The zero-order chi connectivity index (χ0) is 20.1. The molecule has 144 valence electrons. The molecule has 4 nitrogen and oxygen atoms in total. The molecule has 0 saturated carbocycles.